The molecule has 0 saturated heterocycles. The van der Waals surface area contributed by atoms with Gasteiger partial charge in [0, 0.05) is 6.20 Å². The molecular weight excluding hydrogens is 218 g/mol. The van der Waals surface area contributed by atoms with E-state index in [0.29, 0.717) is 11.4 Å². The Morgan fingerprint density at radius 3 is 2.88 bits per heavy atom. The molecule has 0 bridgehead atoms. The quantitative estimate of drug-likeness (QED) is 0.644. The number of amides is 1. The van der Waals surface area contributed by atoms with Crippen LogP contribution in [0.4, 0.5) is 0 Å². The first kappa shape index (κ1) is 11.1. The van der Waals surface area contributed by atoms with Crippen LogP contribution >= 0.6 is 0 Å². The van der Waals surface area contributed by atoms with E-state index in [-0.39, 0.29) is 11.7 Å². The van der Waals surface area contributed by atoms with Crippen LogP contribution < -0.4 is 5.43 Å². The Bertz CT molecular complexity index is 518. The molecule has 2 aromatic rings. The largest absolute Gasteiger partial charge is 0.459 e. The summed E-state index contributed by atoms with van der Waals surface area (Å²) in [6.07, 6.45) is 3.10. The van der Waals surface area contributed by atoms with E-state index in [1.807, 2.05) is 18.2 Å². The molecule has 0 radical (unpaired) electrons. The van der Waals surface area contributed by atoms with Gasteiger partial charge >= 0.3 is 5.91 Å². The number of hydrazone groups is 1. The maximum Gasteiger partial charge on any atom is 0.307 e. The third-order valence-electron chi connectivity index (χ3n) is 2.11. The average molecular weight is 229 g/mol. The number of nitrogens with zero attached hydrogens (tertiary/aromatic N) is 2. The van der Waals surface area contributed by atoms with Gasteiger partial charge in [-0.2, -0.15) is 5.10 Å². The lowest BCUT2D eigenvalue weighted by atomic mass is 10.3. The van der Waals surface area contributed by atoms with Crippen LogP contribution in [0.5, 0.6) is 0 Å². The van der Waals surface area contributed by atoms with Crippen molar-refractivity contribution in [1.29, 1.82) is 0 Å². The molecule has 0 aliphatic rings. The van der Waals surface area contributed by atoms with Crippen LogP contribution in [0.3, 0.4) is 0 Å². The maximum atomic E-state index is 11.5. The van der Waals surface area contributed by atoms with E-state index < -0.39 is 0 Å². The van der Waals surface area contributed by atoms with Crippen molar-refractivity contribution in [3.05, 3.63) is 54.2 Å². The predicted molar refractivity (Wildman–Crippen MR) is 62.6 cm³/mol. The summed E-state index contributed by atoms with van der Waals surface area (Å²) in [5.41, 5.74) is 3.74. The van der Waals surface area contributed by atoms with E-state index in [2.05, 4.69) is 15.5 Å². The number of nitrogens with one attached hydrogen (secondary N) is 1. The fraction of sp³-hybridized carbons (Fsp3) is 0.0833. The molecule has 2 rings (SSSR count). The monoisotopic (exact) mass is 229 g/mol. The lowest BCUT2D eigenvalue weighted by molar-refractivity contribution is 0.0927. The van der Waals surface area contributed by atoms with Crippen LogP contribution in [-0.4, -0.2) is 16.6 Å². The molecule has 0 aliphatic carbocycles. The van der Waals surface area contributed by atoms with Crippen molar-refractivity contribution in [2.24, 2.45) is 5.10 Å². The van der Waals surface area contributed by atoms with E-state index in [9.17, 15) is 4.79 Å². The Hall–Kier alpha value is -2.43. The molecular formula is C12H11N3O2. The van der Waals surface area contributed by atoms with E-state index in [1.165, 1.54) is 6.26 Å². The van der Waals surface area contributed by atoms with Crippen LogP contribution in [-0.2, 0) is 0 Å². The number of aromatic nitrogens is 1. The number of hydrogen-bond acceptors (Lipinski definition) is 4. The van der Waals surface area contributed by atoms with E-state index >= 15 is 0 Å². The fourth-order valence-corrected chi connectivity index (χ4v) is 1.23. The van der Waals surface area contributed by atoms with Gasteiger partial charge in [0.05, 0.1) is 17.7 Å². The van der Waals surface area contributed by atoms with Gasteiger partial charge in [-0.3, -0.25) is 9.78 Å². The Kier molecular flexibility index (Phi) is 3.30. The summed E-state index contributed by atoms with van der Waals surface area (Å²) < 4.78 is 4.94. The minimum atomic E-state index is -0.384. The zero-order chi connectivity index (χ0) is 12.1. The SMILES string of the molecule is CC(=NNC(=O)c1ccco1)c1ccccn1. The standard InChI is InChI=1S/C12H11N3O2/c1-9(10-5-2-3-7-13-10)14-15-12(16)11-6-4-8-17-11/h2-8H,1H3,(H,15,16). The zero-order valence-corrected chi connectivity index (χ0v) is 9.25. The van der Waals surface area contributed by atoms with Gasteiger partial charge in [0.2, 0.25) is 0 Å². The molecule has 5 nitrogen and oxygen atoms in total. The Morgan fingerprint density at radius 2 is 2.24 bits per heavy atom. The molecule has 2 heterocycles. The van der Waals surface area contributed by atoms with Crippen molar-refractivity contribution < 1.29 is 9.21 Å². The Balaban J connectivity index is 2.04. The number of rotatable bonds is 3. The second-order valence-electron chi connectivity index (χ2n) is 3.33. The summed E-state index contributed by atoms with van der Waals surface area (Å²) in [7, 11) is 0. The summed E-state index contributed by atoms with van der Waals surface area (Å²) in [6, 6.07) is 8.71. The van der Waals surface area contributed by atoms with Crippen molar-refractivity contribution in [1.82, 2.24) is 10.4 Å². The van der Waals surface area contributed by atoms with Gasteiger partial charge in [0.25, 0.3) is 0 Å². The molecule has 5 heteroatoms. The van der Waals surface area contributed by atoms with Gasteiger partial charge in [-0.05, 0) is 31.2 Å². The van der Waals surface area contributed by atoms with Crippen LogP contribution in [0.15, 0.2) is 52.3 Å². The van der Waals surface area contributed by atoms with Crippen LogP contribution in [0.25, 0.3) is 0 Å². The number of carbonyl (C=O) groups is 1. The van der Waals surface area contributed by atoms with Gasteiger partial charge in [-0.1, -0.05) is 6.07 Å². The third kappa shape index (κ3) is 2.78. The summed E-state index contributed by atoms with van der Waals surface area (Å²) in [5, 5.41) is 3.94. The molecule has 1 N–H and O–H groups in total. The molecule has 17 heavy (non-hydrogen) atoms. The first-order valence-electron chi connectivity index (χ1n) is 5.07. The first-order valence-corrected chi connectivity index (χ1v) is 5.07. The van der Waals surface area contributed by atoms with Crippen LogP contribution in [0.2, 0.25) is 0 Å². The molecule has 0 unspecified atom stereocenters. The third-order valence-corrected chi connectivity index (χ3v) is 2.11. The molecule has 0 aromatic carbocycles. The van der Waals surface area contributed by atoms with Gasteiger partial charge in [0.1, 0.15) is 0 Å². The van der Waals surface area contributed by atoms with E-state index in [0.717, 1.165) is 0 Å². The van der Waals surface area contributed by atoms with Crippen LogP contribution in [0.1, 0.15) is 23.2 Å². The molecule has 0 fully saturated rings. The van der Waals surface area contributed by atoms with Crippen molar-refractivity contribution in [3.63, 3.8) is 0 Å². The number of carbonyl (C=O) groups excluding carboxylic acids is 1. The summed E-state index contributed by atoms with van der Waals surface area (Å²) >= 11 is 0. The zero-order valence-electron chi connectivity index (χ0n) is 9.25. The minimum Gasteiger partial charge on any atom is -0.459 e. The number of pyridine rings is 1. The van der Waals surface area contributed by atoms with Gasteiger partial charge in [0.15, 0.2) is 5.76 Å². The van der Waals surface area contributed by atoms with E-state index in [4.69, 9.17) is 4.42 Å². The lowest BCUT2D eigenvalue weighted by Gasteiger charge is -2.00. The molecule has 0 aliphatic heterocycles. The fourth-order valence-electron chi connectivity index (χ4n) is 1.23. The van der Waals surface area contributed by atoms with Crippen molar-refractivity contribution in [2.45, 2.75) is 6.92 Å². The summed E-state index contributed by atoms with van der Waals surface area (Å²) in [6.45, 7) is 1.77. The number of furan rings is 1. The first-order chi connectivity index (χ1) is 8.27. The van der Waals surface area contributed by atoms with Crippen molar-refractivity contribution in [2.75, 3.05) is 0 Å². The number of hydrogen-bond donors (Lipinski definition) is 1. The minimum absolute atomic E-state index is 0.225. The van der Waals surface area contributed by atoms with Gasteiger partial charge in [-0.15, -0.1) is 0 Å². The van der Waals surface area contributed by atoms with Gasteiger partial charge < -0.3 is 4.42 Å². The highest BCUT2D eigenvalue weighted by molar-refractivity contribution is 5.98. The molecule has 1 amide bonds. The molecule has 86 valence electrons. The summed E-state index contributed by atoms with van der Waals surface area (Å²) in [4.78, 5) is 15.6. The molecule has 0 saturated carbocycles. The van der Waals surface area contributed by atoms with Gasteiger partial charge in [-0.25, -0.2) is 5.43 Å². The van der Waals surface area contributed by atoms with E-state index in [1.54, 1.807) is 25.3 Å². The summed E-state index contributed by atoms with van der Waals surface area (Å²) in [5.74, 6) is -0.159. The molecule has 2 aromatic heterocycles. The van der Waals surface area contributed by atoms with Crippen LogP contribution in [0, 0.1) is 0 Å². The highest BCUT2D eigenvalue weighted by Gasteiger charge is 2.07. The lowest BCUT2D eigenvalue weighted by Crippen LogP contribution is -2.18. The molecule has 0 atom stereocenters. The topological polar surface area (TPSA) is 67.5 Å². The smallest absolute Gasteiger partial charge is 0.307 e. The van der Waals surface area contributed by atoms with Crippen molar-refractivity contribution >= 4 is 11.6 Å². The highest BCUT2D eigenvalue weighted by atomic mass is 16.3. The predicted octanol–water partition coefficient (Wildman–Crippen LogP) is 1.83. The Morgan fingerprint density at radius 1 is 1.35 bits per heavy atom. The van der Waals surface area contributed by atoms with Crippen molar-refractivity contribution in [3.8, 4) is 0 Å². The normalized spacial score (nSPS) is 11.2. The molecule has 0 spiro atoms. The Labute approximate surface area is 98.2 Å². The highest BCUT2D eigenvalue weighted by Crippen LogP contribution is 2.00. The maximum absolute atomic E-state index is 11.5. The second-order valence-corrected chi connectivity index (χ2v) is 3.33. The average Bonchev–Trinajstić information content (AvgIpc) is 2.90. The second kappa shape index (κ2) is 5.07.